The van der Waals surface area contributed by atoms with Crippen molar-refractivity contribution in [3.05, 3.63) is 34.1 Å². The van der Waals surface area contributed by atoms with Gasteiger partial charge in [-0.05, 0) is 30.8 Å². The Morgan fingerprint density at radius 1 is 1.35 bits per heavy atom. The maximum Gasteiger partial charge on any atom is 0.253 e. The zero-order chi connectivity index (χ0) is 18.5. The van der Waals surface area contributed by atoms with Crippen LogP contribution in [-0.4, -0.2) is 46.6 Å². The van der Waals surface area contributed by atoms with Crippen molar-refractivity contribution in [3.63, 3.8) is 0 Å². The van der Waals surface area contributed by atoms with E-state index in [-0.39, 0.29) is 19.0 Å². The summed E-state index contributed by atoms with van der Waals surface area (Å²) in [5.74, 6) is 1.29. The van der Waals surface area contributed by atoms with Gasteiger partial charge in [-0.3, -0.25) is 4.79 Å². The Kier molecular flexibility index (Phi) is 5.95. The number of thiocarbonyl (C=S) groups is 1. The van der Waals surface area contributed by atoms with Gasteiger partial charge in [0.25, 0.3) is 5.56 Å². The Hall–Kier alpha value is -2.32. The molecule has 0 unspecified atom stereocenters. The van der Waals surface area contributed by atoms with Gasteiger partial charge in [0, 0.05) is 30.1 Å². The number of pyridine rings is 1. The Morgan fingerprint density at radius 2 is 2.12 bits per heavy atom. The molecule has 26 heavy (non-hydrogen) atoms. The largest absolute Gasteiger partial charge is 0.454 e. The second kappa shape index (κ2) is 8.37. The van der Waals surface area contributed by atoms with Crippen molar-refractivity contribution in [2.45, 2.75) is 26.3 Å². The SMILES string of the molecule is CCCCNC(=S)N(CCO)Cc1cc2cc3c(cc2[nH]c1=O)OCO3. The fraction of sp³-hybridized carbons (Fsp3) is 0.444. The number of aromatic amines is 1. The normalized spacial score (nSPS) is 12.4. The smallest absolute Gasteiger partial charge is 0.253 e. The van der Waals surface area contributed by atoms with Crippen LogP contribution in [0.5, 0.6) is 11.5 Å². The highest BCUT2D eigenvalue weighted by Crippen LogP contribution is 2.35. The standard InChI is InChI=1S/C18H23N3O4S/c1-2-3-4-19-18(26)21(5-6-22)10-13-7-12-8-15-16(25-11-24-15)9-14(12)20-17(13)23/h7-9,22H,2-6,10-11H2,1H3,(H,19,26)(H,20,23). The van der Waals surface area contributed by atoms with Crippen molar-refractivity contribution in [3.8, 4) is 11.5 Å². The van der Waals surface area contributed by atoms with Crippen LogP contribution in [0.1, 0.15) is 25.3 Å². The van der Waals surface area contributed by atoms with Gasteiger partial charge in [0.2, 0.25) is 6.79 Å². The second-order valence-corrected chi connectivity index (χ2v) is 6.53. The molecule has 0 aliphatic carbocycles. The predicted octanol–water partition coefficient (Wildman–Crippen LogP) is 1.73. The van der Waals surface area contributed by atoms with Gasteiger partial charge < -0.3 is 29.8 Å². The van der Waals surface area contributed by atoms with Gasteiger partial charge in [-0.15, -0.1) is 0 Å². The first-order valence-electron chi connectivity index (χ1n) is 8.71. The van der Waals surface area contributed by atoms with E-state index in [1.807, 2.05) is 12.1 Å². The highest BCUT2D eigenvalue weighted by Gasteiger charge is 2.17. The molecule has 0 atom stereocenters. The number of hydrogen-bond acceptors (Lipinski definition) is 5. The quantitative estimate of drug-likeness (QED) is 0.500. The maximum atomic E-state index is 12.5. The number of H-pyrrole nitrogens is 1. The Morgan fingerprint density at radius 3 is 2.85 bits per heavy atom. The molecule has 1 aliphatic heterocycles. The minimum atomic E-state index is -0.185. The van der Waals surface area contributed by atoms with Gasteiger partial charge in [-0.1, -0.05) is 13.3 Å². The number of unbranched alkanes of at least 4 members (excludes halogenated alkanes) is 1. The van der Waals surface area contributed by atoms with Crippen LogP contribution in [-0.2, 0) is 6.54 Å². The summed E-state index contributed by atoms with van der Waals surface area (Å²) in [6.07, 6.45) is 2.08. The Balaban J connectivity index is 1.83. The maximum absolute atomic E-state index is 12.5. The Labute approximate surface area is 156 Å². The van der Waals surface area contributed by atoms with Crippen LogP contribution < -0.4 is 20.3 Å². The van der Waals surface area contributed by atoms with Gasteiger partial charge in [0.1, 0.15) is 0 Å². The van der Waals surface area contributed by atoms with Crippen molar-refractivity contribution in [2.75, 3.05) is 26.5 Å². The van der Waals surface area contributed by atoms with Crippen LogP contribution in [0.25, 0.3) is 10.9 Å². The molecule has 0 saturated carbocycles. The minimum absolute atomic E-state index is 0.0419. The number of nitrogens with zero attached hydrogens (tertiary/aromatic N) is 1. The molecule has 140 valence electrons. The second-order valence-electron chi connectivity index (χ2n) is 6.15. The van der Waals surface area contributed by atoms with E-state index < -0.39 is 0 Å². The Bertz CT molecular complexity index is 852. The van der Waals surface area contributed by atoms with Crippen molar-refractivity contribution in [1.29, 1.82) is 0 Å². The first-order valence-corrected chi connectivity index (χ1v) is 9.12. The topological polar surface area (TPSA) is 86.8 Å². The van der Waals surface area contributed by atoms with Crippen molar-refractivity contribution in [2.24, 2.45) is 0 Å². The van der Waals surface area contributed by atoms with Crippen molar-refractivity contribution >= 4 is 28.2 Å². The van der Waals surface area contributed by atoms with E-state index in [2.05, 4.69) is 17.2 Å². The van der Waals surface area contributed by atoms with E-state index in [0.29, 0.717) is 40.8 Å². The molecule has 3 rings (SSSR count). The third kappa shape index (κ3) is 4.08. The fourth-order valence-corrected chi connectivity index (χ4v) is 3.08. The molecule has 0 saturated heterocycles. The number of fused-ring (bicyclic) bond motifs is 2. The fourth-order valence-electron chi connectivity index (χ4n) is 2.82. The summed E-state index contributed by atoms with van der Waals surface area (Å²) in [5, 5.41) is 13.9. The number of ether oxygens (including phenoxy) is 2. The van der Waals surface area contributed by atoms with Crippen LogP contribution in [0.4, 0.5) is 0 Å². The predicted molar refractivity (Wildman–Crippen MR) is 104 cm³/mol. The molecule has 2 aromatic rings. The molecule has 3 N–H and O–H groups in total. The van der Waals surface area contributed by atoms with Crippen molar-refractivity contribution < 1.29 is 14.6 Å². The molecule has 0 bridgehead atoms. The number of aliphatic hydroxyl groups excluding tert-OH is 1. The van der Waals surface area contributed by atoms with Gasteiger partial charge in [0.05, 0.1) is 18.7 Å². The molecule has 0 spiro atoms. The number of hydrogen-bond donors (Lipinski definition) is 3. The van der Waals surface area contributed by atoms with E-state index in [0.717, 1.165) is 24.8 Å². The van der Waals surface area contributed by atoms with Gasteiger partial charge in [-0.2, -0.15) is 0 Å². The van der Waals surface area contributed by atoms with Crippen LogP contribution in [0, 0.1) is 0 Å². The summed E-state index contributed by atoms with van der Waals surface area (Å²) < 4.78 is 10.7. The first-order chi connectivity index (χ1) is 12.6. The van der Waals surface area contributed by atoms with E-state index in [1.165, 1.54) is 0 Å². The first kappa shape index (κ1) is 18.5. The molecule has 1 aliphatic rings. The molecule has 0 fully saturated rings. The summed E-state index contributed by atoms with van der Waals surface area (Å²) in [6, 6.07) is 5.45. The van der Waals surface area contributed by atoms with Crippen LogP contribution in [0.15, 0.2) is 23.0 Å². The average Bonchev–Trinajstić information content (AvgIpc) is 3.07. The monoisotopic (exact) mass is 377 g/mol. The minimum Gasteiger partial charge on any atom is -0.454 e. The summed E-state index contributed by atoms with van der Waals surface area (Å²) >= 11 is 5.41. The lowest BCUT2D eigenvalue weighted by Gasteiger charge is -2.25. The molecule has 8 heteroatoms. The van der Waals surface area contributed by atoms with Gasteiger partial charge >= 0.3 is 0 Å². The zero-order valence-electron chi connectivity index (χ0n) is 14.7. The lowest BCUT2D eigenvalue weighted by atomic mass is 10.1. The van der Waals surface area contributed by atoms with Crippen LogP contribution in [0.2, 0.25) is 0 Å². The van der Waals surface area contributed by atoms with E-state index in [9.17, 15) is 9.90 Å². The lowest BCUT2D eigenvalue weighted by Crippen LogP contribution is -2.42. The highest BCUT2D eigenvalue weighted by atomic mass is 32.1. The van der Waals surface area contributed by atoms with Gasteiger partial charge in [-0.25, -0.2) is 0 Å². The lowest BCUT2D eigenvalue weighted by molar-refractivity contribution is 0.174. The molecular weight excluding hydrogens is 354 g/mol. The number of aromatic nitrogens is 1. The third-order valence-corrected chi connectivity index (χ3v) is 4.64. The van der Waals surface area contributed by atoms with Gasteiger partial charge in [0.15, 0.2) is 16.6 Å². The zero-order valence-corrected chi connectivity index (χ0v) is 15.5. The number of nitrogens with one attached hydrogen (secondary N) is 2. The number of rotatable bonds is 7. The third-order valence-electron chi connectivity index (χ3n) is 4.24. The van der Waals surface area contributed by atoms with Crippen molar-refractivity contribution in [1.82, 2.24) is 15.2 Å². The summed E-state index contributed by atoms with van der Waals surface area (Å²) in [7, 11) is 0. The molecule has 1 aromatic carbocycles. The van der Waals surface area contributed by atoms with E-state index in [1.54, 1.807) is 11.0 Å². The molecule has 0 amide bonds. The molecule has 1 aromatic heterocycles. The molecular formula is C18H23N3O4S. The summed E-state index contributed by atoms with van der Waals surface area (Å²) in [4.78, 5) is 17.2. The molecule has 7 nitrogen and oxygen atoms in total. The molecule has 0 radical (unpaired) electrons. The summed E-state index contributed by atoms with van der Waals surface area (Å²) in [5.41, 5.74) is 1.08. The number of benzene rings is 1. The summed E-state index contributed by atoms with van der Waals surface area (Å²) in [6.45, 7) is 3.70. The van der Waals surface area contributed by atoms with E-state index >= 15 is 0 Å². The van der Waals surface area contributed by atoms with Crippen LogP contribution in [0.3, 0.4) is 0 Å². The van der Waals surface area contributed by atoms with Crippen LogP contribution >= 0.6 is 12.2 Å². The van der Waals surface area contributed by atoms with E-state index in [4.69, 9.17) is 21.7 Å². The highest BCUT2D eigenvalue weighted by molar-refractivity contribution is 7.80. The average molecular weight is 377 g/mol. The number of aliphatic hydroxyl groups is 1. The molecule has 2 heterocycles.